The van der Waals surface area contributed by atoms with Crippen LogP contribution in [0.4, 0.5) is 5.82 Å². The van der Waals surface area contributed by atoms with Crippen molar-refractivity contribution in [3.05, 3.63) is 47.4 Å². The Bertz CT molecular complexity index is 546. The van der Waals surface area contributed by atoms with Crippen LogP contribution >= 0.6 is 0 Å². The summed E-state index contributed by atoms with van der Waals surface area (Å²) in [5.41, 5.74) is 2.03. The molecule has 0 fully saturated rings. The summed E-state index contributed by atoms with van der Waals surface area (Å²) in [7, 11) is 3.33. The van der Waals surface area contributed by atoms with Gasteiger partial charge < -0.3 is 14.8 Å². The van der Waals surface area contributed by atoms with Gasteiger partial charge in [0.2, 0.25) is 0 Å². The number of benzene rings is 1. The summed E-state index contributed by atoms with van der Waals surface area (Å²) in [6.45, 7) is 3.35. The largest absolute Gasteiger partial charge is 0.497 e. The summed E-state index contributed by atoms with van der Waals surface area (Å²) >= 11 is 0. The number of hydrogen-bond donors (Lipinski definition) is 1. The fourth-order valence-corrected chi connectivity index (χ4v) is 2.05. The number of hydrogen-bond acceptors (Lipinski definition) is 5. The smallest absolute Gasteiger partial charge is 0.135 e. The predicted molar refractivity (Wildman–Crippen MR) is 82.7 cm³/mol. The first kappa shape index (κ1) is 15.3. The summed E-state index contributed by atoms with van der Waals surface area (Å²) < 4.78 is 10.3. The predicted octanol–water partition coefficient (Wildman–Crippen LogP) is 2.65. The van der Waals surface area contributed by atoms with Gasteiger partial charge in [-0.3, -0.25) is 0 Å². The molecule has 112 valence electrons. The Hall–Kier alpha value is -2.14. The van der Waals surface area contributed by atoms with Crippen molar-refractivity contribution in [2.45, 2.75) is 20.0 Å². The highest BCUT2D eigenvalue weighted by atomic mass is 16.5. The van der Waals surface area contributed by atoms with Gasteiger partial charge in [-0.1, -0.05) is 12.1 Å². The third kappa shape index (κ3) is 4.43. The van der Waals surface area contributed by atoms with Gasteiger partial charge in [0.1, 0.15) is 17.4 Å². The van der Waals surface area contributed by atoms with Gasteiger partial charge in [-0.2, -0.15) is 0 Å². The first-order valence-corrected chi connectivity index (χ1v) is 6.97. The molecule has 0 radical (unpaired) electrons. The molecular weight excluding hydrogens is 266 g/mol. The quantitative estimate of drug-likeness (QED) is 0.848. The SMILES string of the molecule is CCNc1cc(COC)nc(Cc2ccc(OC)cc2)n1. The number of anilines is 1. The molecule has 1 N–H and O–H groups in total. The number of methoxy groups -OCH3 is 2. The second kappa shape index (κ2) is 7.59. The van der Waals surface area contributed by atoms with Gasteiger partial charge in [-0.15, -0.1) is 0 Å². The highest BCUT2D eigenvalue weighted by Gasteiger charge is 2.06. The van der Waals surface area contributed by atoms with E-state index in [0.717, 1.165) is 35.2 Å². The topological polar surface area (TPSA) is 56.3 Å². The standard InChI is InChI=1S/C16H21N3O2/c1-4-17-15-10-13(11-20-2)18-16(19-15)9-12-5-7-14(21-3)8-6-12/h5-8,10H,4,9,11H2,1-3H3,(H,17,18,19). The fraction of sp³-hybridized carbons (Fsp3) is 0.375. The van der Waals surface area contributed by atoms with Crippen LogP contribution in [0.15, 0.2) is 30.3 Å². The molecule has 0 aliphatic rings. The summed E-state index contributed by atoms with van der Waals surface area (Å²) in [6, 6.07) is 9.86. The van der Waals surface area contributed by atoms with Gasteiger partial charge in [0.05, 0.1) is 19.4 Å². The zero-order valence-corrected chi connectivity index (χ0v) is 12.7. The maximum Gasteiger partial charge on any atom is 0.135 e. The number of rotatable bonds is 7. The van der Waals surface area contributed by atoms with Crippen molar-refractivity contribution in [1.82, 2.24) is 9.97 Å². The average molecular weight is 287 g/mol. The molecule has 0 unspecified atom stereocenters. The van der Waals surface area contributed by atoms with E-state index in [1.54, 1.807) is 14.2 Å². The molecule has 0 aliphatic carbocycles. The van der Waals surface area contributed by atoms with Crippen molar-refractivity contribution in [3.63, 3.8) is 0 Å². The summed E-state index contributed by atoms with van der Waals surface area (Å²) in [6.07, 6.45) is 0.680. The second-order valence-electron chi connectivity index (χ2n) is 4.65. The van der Waals surface area contributed by atoms with Crippen LogP contribution < -0.4 is 10.1 Å². The maximum atomic E-state index is 5.16. The molecule has 1 aromatic carbocycles. The molecule has 0 atom stereocenters. The molecule has 2 aromatic rings. The van der Waals surface area contributed by atoms with Crippen molar-refractivity contribution >= 4 is 5.82 Å². The lowest BCUT2D eigenvalue weighted by atomic mass is 10.1. The van der Waals surface area contributed by atoms with Crippen LogP contribution in [0, 0.1) is 0 Å². The van der Waals surface area contributed by atoms with Crippen LogP contribution in [0.25, 0.3) is 0 Å². The van der Waals surface area contributed by atoms with Gasteiger partial charge in [0, 0.05) is 26.1 Å². The zero-order chi connectivity index (χ0) is 15.1. The van der Waals surface area contributed by atoms with E-state index in [2.05, 4.69) is 15.3 Å². The molecule has 0 aliphatic heterocycles. The summed E-state index contributed by atoms with van der Waals surface area (Å²) in [5, 5.41) is 3.22. The maximum absolute atomic E-state index is 5.16. The van der Waals surface area contributed by atoms with Gasteiger partial charge in [-0.25, -0.2) is 9.97 Å². The minimum Gasteiger partial charge on any atom is -0.497 e. The average Bonchev–Trinajstić information content (AvgIpc) is 2.48. The fourth-order valence-electron chi connectivity index (χ4n) is 2.05. The summed E-state index contributed by atoms with van der Waals surface area (Å²) in [4.78, 5) is 9.07. The third-order valence-electron chi connectivity index (χ3n) is 3.00. The minimum atomic E-state index is 0.483. The lowest BCUT2D eigenvalue weighted by Gasteiger charge is -2.09. The van der Waals surface area contributed by atoms with Crippen LogP contribution in [0.1, 0.15) is 24.0 Å². The van der Waals surface area contributed by atoms with E-state index in [4.69, 9.17) is 9.47 Å². The molecule has 21 heavy (non-hydrogen) atoms. The van der Waals surface area contributed by atoms with Crippen LogP contribution in [0.3, 0.4) is 0 Å². The Kier molecular flexibility index (Phi) is 5.51. The molecular formula is C16H21N3O2. The first-order chi connectivity index (χ1) is 10.2. The Morgan fingerprint density at radius 3 is 2.48 bits per heavy atom. The molecule has 1 aromatic heterocycles. The number of nitrogens with one attached hydrogen (secondary N) is 1. The van der Waals surface area contributed by atoms with Crippen molar-refractivity contribution in [2.75, 3.05) is 26.1 Å². The van der Waals surface area contributed by atoms with Crippen molar-refractivity contribution in [1.29, 1.82) is 0 Å². The van der Waals surface area contributed by atoms with Crippen molar-refractivity contribution in [3.8, 4) is 5.75 Å². The number of nitrogens with zero attached hydrogens (tertiary/aromatic N) is 2. The second-order valence-corrected chi connectivity index (χ2v) is 4.65. The Morgan fingerprint density at radius 1 is 1.10 bits per heavy atom. The van der Waals surface area contributed by atoms with E-state index in [1.165, 1.54) is 0 Å². The van der Waals surface area contributed by atoms with E-state index in [0.29, 0.717) is 13.0 Å². The molecule has 0 amide bonds. The van der Waals surface area contributed by atoms with Crippen molar-refractivity contribution < 1.29 is 9.47 Å². The van der Waals surface area contributed by atoms with E-state index in [-0.39, 0.29) is 0 Å². The minimum absolute atomic E-state index is 0.483. The number of aromatic nitrogens is 2. The van der Waals surface area contributed by atoms with Gasteiger partial charge >= 0.3 is 0 Å². The molecule has 0 bridgehead atoms. The van der Waals surface area contributed by atoms with Crippen molar-refractivity contribution in [2.24, 2.45) is 0 Å². The lowest BCUT2D eigenvalue weighted by Crippen LogP contribution is -2.07. The van der Waals surface area contributed by atoms with Crippen LogP contribution in [-0.2, 0) is 17.8 Å². The molecule has 2 rings (SSSR count). The van der Waals surface area contributed by atoms with Crippen LogP contribution in [-0.4, -0.2) is 30.7 Å². The molecule has 5 nitrogen and oxygen atoms in total. The molecule has 0 spiro atoms. The normalized spacial score (nSPS) is 10.4. The van der Waals surface area contributed by atoms with Crippen LogP contribution in [0.5, 0.6) is 5.75 Å². The Labute approximate surface area is 125 Å². The Balaban J connectivity index is 2.20. The van der Waals surface area contributed by atoms with E-state index < -0.39 is 0 Å². The zero-order valence-electron chi connectivity index (χ0n) is 12.7. The van der Waals surface area contributed by atoms with Gasteiger partial charge in [0.15, 0.2) is 0 Å². The van der Waals surface area contributed by atoms with Gasteiger partial charge in [0.25, 0.3) is 0 Å². The van der Waals surface area contributed by atoms with Crippen LogP contribution in [0.2, 0.25) is 0 Å². The highest BCUT2D eigenvalue weighted by Crippen LogP contribution is 2.15. The third-order valence-corrected chi connectivity index (χ3v) is 3.00. The Morgan fingerprint density at radius 2 is 1.86 bits per heavy atom. The first-order valence-electron chi connectivity index (χ1n) is 6.97. The van der Waals surface area contributed by atoms with E-state index >= 15 is 0 Å². The monoisotopic (exact) mass is 287 g/mol. The molecule has 0 saturated carbocycles. The molecule has 0 saturated heterocycles. The number of ether oxygens (including phenoxy) is 2. The van der Waals surface area contributed by atoms with Gasteiger partial charge in [-0.05, 0) is 24.6 Å². The summed E-state index contributed by atoms with van der Waals surface area (Å²) in [5.74, 6) is 2.47. The van der Waals surface area contributed by atoms with E-state index in [9.17, 15) is 0 Å². The van der Waals surface area contributed by atoms with E-state index in [1.807, 2.05) is 37.3 Å². The lowest BCUT2D eigenvalue weighted by molar-refractivity contribution is 0.181. The molecule has 5 heteroatoms. The molecule has 1 heterocycles. The highest BCUT2D eigenvalue weighted by molar-refractivity contribution is 5.37.